The Morgan fingerprint density at radius 3 is 2.64 bits per heavy atom. The second-order valence-corrected chi connectivity index (χ2v) is 7.93. The fourth-order valence-electron chi connectivity index (χ4n) is 4.03. The van der Waals surface area contributed by atoms with E-state index in [1.165, 1.54) is 23.1 Å². The number of nitrogens with zero attached hydrogens (tertiary/aromatic N) is 4. The Bertz CT molecular complexity index is 1440. The minimum Gasteiger partial charge on any atom is -0.504 e. The van der Waals surface area contributed by atoms with Crippen molar-refractivity contribution >= 4 is 22.4 Å². The van der Waals surface area contributed by atoms with Gasteiger partial charge in [-0.1, -0.05) is 18.2 Å². The highest BCUT2D eigenvalue weighted by Gasteiger charge is 2.21. The number of hydrogen-bond donors (Lipinski definition) is 1. The molecule has 9 nitrogen and oxygen atoms in total. The number of aromatic nitrogens is 3. The molecule has 0 aliphatic heterocycles. The smallest absolute Gasteiger partial charge is 0.278 e. The zero-order valence-electron chi connectivity index (χ0n) is 19.8. The SMILES string of the molecule is CCOc1cccc2c(Cc3cccnc3)nn(CC(=O)N(CC)c3ccc(OF)c(O)c3)c(=O)c12. The number of pyridine rings is 1. The molecule has 0 aliphatic carbocycles. The van der Waals surface area contributed by atoms with Crippen molar-refractivity contribution in [2.24, 2.45) is 0 Å². The maximum absolute atomic E-state index is 13.5. The summed E-state index contributed by atoms with van der Waals surface area (Å²) in [5.41, 5.74) is 1.35. The van der Waals surface area contributed by atoms with Crippen LogP contribution in [-0.4, -0.2) is 38.9 Å². The van der Waals surface area contributed by atoms with Gasteiger partial charge in [-0.05, 0) is 43.7 Å². The van der Waals surface area contributed by atoms with Crippen LogP contribution in [0.4, 0.5) is 10.2 Å². The van der Waals surface area contributed by atoms with Gasteiger partial charge in [-0.2, -0.15) is 5.10 Å². The van der Waals surface area contributed by atoms with E-state index in [4.69, 9.17) is 4.74 Å². The number of hydrogen-bond acceptors (Lipinski definition) is 7. The molecule has 0 radical (unpaired) electrons. The van der Waals surface area contributed by atoms with Gasteiger partial charge in [0.25, 0.3) is 5.56 Å². The van der Waals surface area contributed by atoms with Crippen LogP contribution in [0.2, 0.25) is 0 Å². The van der Waals surface area contributed by atoms with Crippen LogP contribution in [-0.2, 0) is 17.8 Å². The number of carbonyl (C=O) groups excluding carboxylic acids is 1. The van der Waals surface area contributed by atoms with Crippen LogP contribution < -0.4 is 20.1 Å². The van der Waals surface area contributed by atoms with E-state index in [-0.39, 0.29) is 18.8 Å². The van der Waals surface area contributed by atoms with Gasteiger partial charge in [-0.25, -0.2) is 4.68 Å². The lowest BCUT2D eigenvalue weighted by Gasteiger charge is -2.22. The maximum Gasteiger partial charge on any atom is 0.278 e. The van der Waals surface area contributed by atoms with E-state index in [0.717, 1.165) is 10.2 Å². The largest absolute Gasteiger partial charge is 0.504 e. The van der Waals surface area contributed by atoms with E-state index in [2.05, 4.69) is 15.0 Å². The van der Waals surface area contributed by atoms with Crippen molar-refractivity contribution in [3.8, 4) is 17.2 Å². The van der Waals surface area contributed by atoms with Crippen molar-refractivity contribution in [3.05, 3.63) is 82.5 Å². The fraction of sp³-hybridized carbons (Fsp3) is 0.231. The number of rotatable bonds is 9. The van der Waals surface area contributed by atoms with Crippen LogP contribution in [0.3, 0.4) is 0 Å². The van der Waals surface area contributed by atoms with Crippen LogP contribution in [0.1, 0.15) is 25.1 Å². The van der Waals surface area contributed by atoms with Gasteiger partial charge in [-0.15, -0.1) is 0 Å². The molecule has 10 heteroatoms. The highest BCUT2D eigenvalue weighted by atomic mass is 19.3. The van der Waals surface area contributed by atoms with E-state index in [1.807, 2.05) is 19.1 Å². The Kier molecular flexibility index (Phi) is 7.43. The summed E-state index contributed by atoms with van der Waals surface area (Å²) in [6.45, 7) is 3.82. The molecule has 186 valence electrons. The lowest BCUT2D eigenvalue weighted by atomic mass is 10.1. The number of fused-ring (bicyclic) bond motifs is 1. The zero-order valence-corrected chi connectivity index (χ0v) is 19.8. The Morgan fingerprint density at radius 1 is 1.14 bits per heavy atom. The van der Waals surface area contributed by atoms with Crippen molar-refractivity contribution < 1.29 is 24.1 Å². The van der Waals surface area contributed by atoms with Gasteiger partial charge < -0.3 is 14.7 Å². The molecule has 2 aromatic carbocycles. The van der Waals surface area contributed by atoms with E-state index in [9.17, 15) is 19.2 Å². The molecule has 0 aliphatic rings. The molecule has 0 fully saturated rings. The number of benzene rings is 2. The van der Waals surface area contributed by atoms with Gasteiger partial charge in [0.15, 0.2) is 5.75 Å². The number of aromatic hydroxyl groups is 1. The number of likely N-dealkylation sites (N-methyl/N-ethyl adjacent to an activating group) is 1. The average Bonchev–Trinajstić information content (AvgIpc) is 2.88. The molecular formula is C26H25FN4O5. The summed E-state index contributed by atoms with van der Waals surface area (Å²) < 4.78 is 19.3. The first-order valence-electron chi connectivity index (χ1n) is 11.4. The van der Waals surface area contributed by atoms with Crippen LogP contribution in [0.25, 0.3) is 10.8 Å². The zero-order chi connectivity index (χ0) is 25.7. The Morgan fingerprint density at radius 2 is 1.97 bits per heavy atom. The van der Waals surface area contributed by atoms with E-state index in [1.54, 1.807) is 37.5 Å². The first kappa shape index (κ1) is 24.6. The number of ether oxygens (including phenoxy) is 1. The number of phenolic OH excluding ortho intramolecular Hbond substituents is 1. The highest BCUT2D eigenvalue weighted by Crippen LogP contribution is 2.31. The summed E-state index contributed by atoms with van der Waals surface area (Å²) in [5, 5.41) is 15.5. The molecule has 0 saturated heterocycles. The van der Waals surface area contributed by atoms with E-state index in [0.29, 0.717) is 40.9 Å². The van der Waals surface area contributed by atoms with Gasteiger partial charge in [-0.3, -0.25) is 19.5 Å². The molecule has 0 atom stereocenters. The predicted molar refractivity (Wildman–Crippen MR) is 132 cm³/mol. The Balaban J connectivity index is 1.77. The standard InChI is InChI=1S/C26H25FN4O5/c1-3-30(18-10-11-22(36-27)21(32)14-18)24(33)16-31-26(34)25-19(8-5-9-23(25)35-4-2)20(29-31)13-17-7-6-12-28-15-17/h5-12,14-15,32H,3-4,13,16H2,1-2H3. The van der Waals surface area contributed by atoms with Gasteiger partial charge in [0.1, 0.15) is 12.3 Å². The molecule has 2 aromatic heterocycles. The first-order valence-corrected chi connectivity index (χ1v) is 11.4. The molecule has 4 rings (SSSR count). The second kappa shape index (κ2) is 10.9. The highest BCUT2D eigenvalue weighted by molar-refractivity contribution is 5.94. The van der Waals surface area contributed by atoms with Crippen LogP contribution in [0.15, 0.2) is 65.7 Å². The van der Waals surface area contributed by atoms with Gasteiger partial charge in [0.05, 0.1) is 17.7 Å². The minimum atomic E-state index is -0.461. The number of anilines is 1. The molecule has 4 aromatic rings. The monoisotopic (exact) mass is 492 g/mol. The molecule has 0 unspecified atom stereocenters. The van der Waals surface area contributed by atoms with Crippen molar-refractivity contribution in [1.82, 2.24) is 14.8 Å². The third-order valence-electron chi connectivity index (χ3n) is 5.66. The normalized spacial score (nSPS) is 10.9. The molecule has 1 N–H and O–H groups in total. The van der Waals surface area contributed by atoms with Crippen molar-refractivity contribution in [3.63, 3.8) is 0 Å². The molecule has 2 heterocycles. The van der Waals surface area contributed by atoms with Gasteiger partial charge in [0.2, 0.25) is 11.7 Å². The van der Waals surface area contributed by atoms with E-state index < -0.39 is 17.2 Å². The molecule has 0 spiro atoms. The quantitative estimate of drug-likeness (QED) is 0.379. The number of amides is 1. The Hall–Kier alpha value is -4.47. The van der Waals surface area contributed by atoms with Crippen LogP contribution in [0.5, 0.6) is 17.2 Å². The van der Waals surface area contributed by atoms with Gasteiger partial charge >= 0.3 is 0 Å². The van der Waals surface area contributed by atoms with Crippen LogP contribution >= 0.6 is 0 Å². The summed E-state index contributed by atoms with van der Waals surface area (Å²) in [4.78, 5) is 35.9. The summed E-state index contributed by atoms with van der Waals surface area (Å²) in [5.74, 6) is -0.850. The van der Waals surface area contributed by atoms with E-state index >= 15 is 0 Å². The second-order valence-electron chi connectivity index (χ2n) is 7.93. The third-order valence-corrected chi connectivity index (χ3v) is 5.66. The predicted octanol–water partition coefficient (Wildman–Crippen LogP) is 3.80. The number of carbonyl (C=O) groups is 1. The van der Waals surface area contributed by atoms with Crippen molar-refractivity contribution in [2.45, 2.75) is 26.8 Å². The number of phenols is 1. The molecule has 36 heavy (non-hydrogen) atoms. The molecule has 0 saturated carbocycles. The van der Waals surface area contributed by atoms with Crippen LogP contribution in [0, 0.1) is 0 Å². The lowest BCUT2D eigenvalue weighted by Crippen LogP contribution is -2.38. The fourth-order valence-corrected chi connectivity index (χ4v) is 4.03. The average molecular weight is 493 g/mol. The Labute approximate surface area is 206 Å². The third kappa shape index (κ3) is 4.97. The van der Waals surface area contributed by atoms with Crippen molar-refractivity contribution in [2.75, 3.05) is 18.1 Å². The number of halogens is 1. The summed E-state index contributed by atoms with van der Waals surface area (Å²) in [7, 11) is 0. The minimum absolute atomic E-state index is 0.239. The topological polar surface area (TPSA) is 107 Å². The molecule has 1 amide bonds. The summed E-state index contributed by atoms with van der Waals surface area (Å²) in [6.07, 6.45) is 3.78. The molecule has 0 bridgehead atoms. The van der Waals surface area contributed by atoms with Crippen molar-refractivity contribution in [1.29, 1.82) is 0 Å². The molecular weight excluding hydrogens is 467 g/mol. The van der Waals surface area contributed by atoms with Gasteiger partial charge in [0, 0.05) is 47.0 Å². The maximum atomic E-state index is 13.5. The summed E-state index contributed by atoms with van der Waals surface area (Å²) in [6, 6.07) is 12.9. The lowest BCUT2D eigenvalue weighted by molar-refractivity contribution is -0.119. The first-order chi connectivity index (χ1) is 17.5. The summed E-state index contributed by atoms with van der Waals surface area (Å²) >= 11 is 0.